The van der Waals surface area contributed by atoms with Crippen LogP contribution in [0.15, 0.2) is 140 Å². The maximum Gasteiger partial charge on any atom is 0.192 e. The molecule has 5 rings (SSSR count). The van der Waals surface area contributed by atoms with Crippen molar-refractivity contribution in [3.05, 3.63) is 162 Å². The van der Waals surface area contributed by atoms with Crippen molar-refractivity contribution in [2.75, 3.05) is 20.3 Å². The number of hydrogen-bond donors (Lipinski definition) is 0. The van der Waals surface area contributed by atoms with Crippen molar-refractivity contribution in [2.45, 2.75) is 265 Å². The molecular formula is C78H128O8Si4. The Kier molecular flexibility index (Phi) is 27.5. The van der Waals surface area contributed by atoms with E-state index in [1.54, 1.807) is 7.11 Å². The number of rotatable bonds is 31. The van der Waals surface area contributed by atoms with Crippen molar-refractivity contribution >= 4 is 33.3 Å². The second-order valence-corrected chi connectivity index (χ2v) is 52.2. The summed E-state index contributed by atoms with van der Waals surface area (Å²) in [6.07, 6.45) is 12.6. The molecule has 1 fully saturated rings. The summed E-state index contributed by atoms with van der Waals surface area (Å²) in [7, 11) is -7.27. The van der Waals surface area contributed by atoms with Crippen LogP contribution in [0.25, 0.3) is 0 Å². The summed E-state index contributed by atoms with van der Waals surface area (Å²) in [6.45, 7) is 62.8. The van der Waals surface area contributed by atoms with Gasteiger partial charge in [-0.3, -0.25) is 0 Å². The Bertz CT molecular complexity index is 2690. The highest BCUT2D eigenvalue weighted by Crippen LogP contribution is 2.46. The first kappa shape index (κ1) is 77.5. The Labute approximate surface area is 555 Å². The first-order chi connectivity index (χ1) is 41.6. The minimum atomic E-state index is -2.29. The first-order valence-corrected chi connectivity index (χ1v) is 46.0. The third-order valence-electron chi connectivity index (χ3n) is 21.7. The fraction of sp³-hybridized carbons (Fsp3) is 0.641. The lowest BCUT2D eigenvalue weighted by Crippen LogP contribution is -2.50. The SMILES string of the molecule is COc1ccc(C2OC[C@H](C)[C@@H]([C@@H](C)[C@H](CC[C@H](C)C[C@H](C)[C@@H](O[Si](C)(C)C(C)(C)C)[C@@H](C)/C=C\[C@H](C[C@H](O[Si](C)(C)C(C)(C)C)[C@H](C)/C=C/COC(c3ccccc3)(c3ccccc3)c3ccccc3)O[Si](C)(C)C(C)(C)C)O[Si](C)(C)C(C)(C)C)O2)cc1. The maximum absolute atomic E-state index is 7.68. The summed E-state index contributed by atoms with van der Waals surface area (Å²) in [6, 6.07) is 40.1. The third-order valence-corrected chi connectivity index (χ3v) is 39.7. The van der Waals surface area contributed by atoms with Gasteiger partial charge in [0.1, 0.15) is 11.4 Å². The highest BCUT2D eigenvalue weighted by molar-refractivity contribution is 6.75. The Morgan fingerprint density at radius 2 is 0.956 bits per heavy atom. The van der Waals surface area contributed by atoms with Gasteiger partial charge in [-0.15, -0.1) is 0 Å². The van der Waals surface area contributed by atoms with E-state index in [0.717, 1.165) is 53.7 Å². The molecule has 90 heavy (non-hydrogen) atoms. The molecule has 0 saturated carbocycles. The maximum atomic E-state index is 7.68. The normalized spacial score (nSPS) is 20.3. The smallest absolute Gasteiger partial charge is 0.192 e. The van der Waals surface area contributed by atoms with Gasteiger partial charge in [0.25, 0.3) is 0 Å². The average molecular weight is 1310 g/mol. The predicted molar refractivity (Wildman–Crippen MR) is 392 cm³/mol. The van der Waals surface area contributed by atoms with Gasteiger partial charge in [-0.05, 0) is 144 Å². The monoisotopic (exact) mass is 1300 g/mol. The highest BCUT2D eigenvalue weighted by Gasteiger charge is 2.47. The van der Waals surface area contributed by atoms with Gasteiger partial charge in [0.2, 0.25) is 0 Å². The van der Waals surface area contributed by atoms with Crippen molar-refractivity contribution in [3.8, 4) is 5.75 Å². The van der Waals surface area contributed by atoms with Gasteiger partial charge in [0.05, 0.1) is 50.8 Å². The molecule has 1 aliphatic heterocycles. The van der Waals surface area contributed by atoms with E-state index >= 15 is 0 Å². The van der Waals surface area contributed by atoms with Crippen molar-refractivity contribution in [1.29, 1.82) is 0 Å². The van der Waals surface area contributed by atoms with Gasteiger partial charge in [0.15, 0.2) is 39.6 Å². The van der Waals surface area contributed by atoms with E-state index in [2.05, 4.69) is 304 Å². The van der Waals surface area contributed by atoms with E-state index in [0.29, 0.717) is 25.0 Å². The number of ether oxygens (including phenoxy) is 4. The predicted octanol–water partition coefficient (Wildman–Crippen LogP) is 22.2. The van der Waals surface area contributed by atoms with Crippen LogP contribution in [0.4, 0.5) is 0 Å². The fourth-order valence-corrected chi connectivity index (χ4v) is 17.3. The van der Waals surface area contributed by atoms with Crippen molar-refractivity contribution in [3.63, 3.8) is 0 Å². The van der Waals surface area contributed by atoms with E-state index in [1.807, 2.05) is 12.1 Å². The molecule has 4 aromatic rings. The van der Waals surface area contributed by atoms with Crippen LogP contribution in [0.1, 0.15) is 179 Å². The second-order valence-electron chi connectivity index (χ2n) is 33.2. The molecule has 12 heteroatoms. The van der Waals surface area contributed by atoms with Crippen LogP contribution in [0, 0.1) is 35.5 Å². The van der Waals surface area contributed by atoms with E-state index in [-0.39, 0.29) is 74.3 Å². The molecule has 1 heterocycles. The van der Waals surface area contributed by atoms with Crippen LogP contribution in [0.2, 0.25) is 72.5 Å². The summed E-state index contributed by atoms with van der Waals surface area (Å²) in [4.78, 5) is 0. The molecular weight excluding hydrogens is 1180 g/mol. The van der Waals surface area contributed by atoms with Gasteiger partial charge in [-0.1, -0.05) is 252 Å². The third kappa shape index (κ3) is 20.6. The van der Waals surface area contributed by atoms with E-state index in [1.165, 1.54) is 0 Å². The van der Waals surface area contributed by atoms with Crippen molar-refractivity contribution in [1.82, 2.24) is 0 Å². The quantitative estimate of drug-likeness (QED) is 0.0280. The summed E-state index contributed by atoms with van der Waals surface area (Å²) in [5.74, 6) is 2.13. The van der Waals surface area contributed by atoms with E-state index < -0.39 is 45.2 Å². The molecule has 4 aromatic carbocycles. The second kappa shape index (κ2) is 32.0. The average Bonchev–Trinajstić information content (AvgIpc) is 0.819. The minimum Gasteiger partial charge on any atom is -0.497 e. The Morgan fingerprint density at radius 1 is 0.511 bits per heavy atom. The zero-order chi connectivity index (χ0) is 67.5. The molecule has 0 aromatic heterocycles. The van der Waals surface area contributed by atoms with Crippen LogP contribution in [0.5, 0.6) is 5.75 Å². The molecule has 0 spiro atoms. The Balaban J connectivity index is 1.46. The number of methoxy groups -OCH3 is 1. The molecule has 1 unspecified atom stereocenters. The zero-order valence-electron chi connectivity index (χ0n) is 61.7. The molecule has 1 saturated heterocycles. The van der Waals surface area contributed by atoms with Crippen LogP contribution in [-0.4, -0.2) is 84.1 Å². The van der Waals surface area contributed by atoms with E-state index in [9.17, 15) is 0 Å². The lowest BCUT2D eigenvalue weighted by molar-refractivity contribution is -0.255. The molecule has 0 amide bonds. The fourth-order valence-electron chi connectivity index (χ4n) is 11.6. The largest absolute Gasteiger partial charge is 0.497 e. The highest BCUT2D eigenvalue weighted by atomic mass is 28.4. The molecule has 0 N–H and O–H groups in total. The lowest BCUT2D eigenvalue weighted by atomic mass is 9.80. The minimum absolute atomic E-state index is 0.00698. The van der Waals surface area contributed by atoms with Crippen LogP contribution >= 0.6 is 0 Å². The van der Waals surface area contributed by atoms with Gasteiger partial charge in [-0.25, -0.2) is 0 Å². The van der Waals surface area contributed by atoms with E-state index in [4.69, 9.17) is 36.7 Å². The van der Waals surface area contributed by atoms with Crippen LogP contribution in [-0.2, 0) is 37.5 Å². The molecule has 0 bridgehead atoms. The topological polar surface area (TPSA) is 73.8 Å². The van der Waals surface area contributed by atoms with Crippen molar-refractivity contribution < 1.29 is 36.7 Å². The van der Waals surface area contributed by atoms with Gasteiger partial charge >= 0.3 is 0 Å². The van der Waals surface area contributed by atoms with Gasteiger partial charge < -0.3 is 36.7 Å². The van der Waals surface area contributed by atoms with Gasteiger partial charge in [-0.2, -0.15) is 0 Å². The first-order valence-electron chi connectivity index (χ1n) is 34.3. The Morgan fingerprint density at radius 3 is 1.41 bits per heavy atom. The Hall–Kier alpha value is -3.25. The summed E-state index contributed by atoms with van der Waals surface area (Å²) < 4.78 is 56.5. The zero-order valence-corrected chi connectivity index (χ0v) is 65.7. The van der Waals surface area contributed by atoms with Crippen LogP contribution < -0.4 is 4.74 Å². The number of hydrogen-bond acceptors (Lipinski definition) is 8. The molecule has 0 radical (unpaired) electrons. The van der Waals surface area contributed by atoms with Crippen molar-refractivity contribution in [2.24, 2.45) is 35.5 Å². The summed E-state index contributed by atoms with van der Waals surface area (Å²) >= 11 is 0. The molecule has 0 aliphatic carbocycles. The molecule has 504 valence electrons. The number of benzene rings is 4. The molecule has 1 aliphatic rings. The lowest BCUT2D eigenvalue weighted by Gasteiger charge is -2.45. The molecule has 12 atom stereocenters. The standard InChI is InChI=1S/C78H128O8Si4/c1-57(45-52-69(84-88(22,23)75(10,11)12)62(6)72-61(5)56-80-73(82-72)63-47-50-67(79-19)51-48-63)54-60(4)71(86-90(26,27)77(16,17)18)59(3)46-49-68(83-87(20,21)74(7,8)9)55-70(85-89(24,25)76(13,14)15)58(2)38-37-53-81-78(64-39-31-28-32-40-64,65-41-33-29-34-42-65)66-43-35-30-36-44-66/h28-44,46-51,57-62,68-73H,45,52-56H2,1-27H3/b38-37+,49-46-/t57-,58+,59-,60-,61-,62-,68+,69-,70-,71-,72-,73?/m0/s1. The van der Waals surface area contributed by atoms with Crippen LogP contribution in [0.3, 0.4) is 0 Å². The molecule has 8 nitrogen and oxygen atoms in total. The van der Waals surface area contributed by atoms with Gasteiger partial charge in [0, 0.05) is 23.8 Å². The summed E-state index contributed by atoms with van der Waals surface area (Å²) in [5, 5.41) is 0.131. The summed E-state index contributed by atoms with van der Waals surface area (Å²) in [5.41, 5.74) is 3.47.